The standard InChI is InChI=1S/C10H17F3N2O2/c11-10(12,13)6-3-1-2-4-7(6)15-5-8(16)9(14)17/h6-8,15-16H,1-5H2,(H2,14,17). The van der Waals surface area contributed by atoms with Gasteiger partial charge in [-0.15, -0.1) is 0 Å². The van der Waals surface area contributed by atoms with Crippen molar-refractivity contribution in [1.82, 2.24) is 5.32 Å². The zero-order chi connectivity index (χ0) is 13.1. The molecule has 1 saturated carbocycles. The van der Waals surface area contributed by atoms with E-state index in [2.05, 4.69) is 5.32 Å². The Morgan fingerprint density at radius 1 is 1.41 bits per heavy atom. The van der Waals surface area contributed by atoms with Gasteiger partial charge in [-0.3, -0.25) is 4.79 Å². The summed E-state index contributed by atoms with van der Waals surface area (Å²) in [5.41, 5.74) is 4.82. The SMILES string of the molecule is NC(=O)C(O)CNC1CCCCC1C(F)(F)F. The number of alkyl halides is 3. The minimum absolute atomic E-state index is 0.0911. The van der Waals surface area contributed by atoms with Gasteiger partial charge in [-0.2, -0.15) is 13.2 Å². The van der Waals surface area contributed by atoms with E-state index in [9.17, 15) is 18.0 Å². The van der Waals surface area contributed by atoms with Gasteiger partial charge in [0.25, 0.3) is 0 Å². The Labute approximate surface area is 97.4 Å². The Morgan fingerprint density at radius 2 is 2.00 bits per heavy atom. The summed E-state index contributed by atoms with van der Waals surface area (Å²) >= 11 is 0. The van der Waals surface area contributed by atoms with Crippen LogP contribution in [0.3, 0.4) is 0 Å². The Bertz CT molecular complexity index is 271. The van der Waals surface area contributed by atoms with Crippen molar-refractivity contribution in [1.29, 1.82) is 0 Å². The fourth-order valence-corrected chi connectivity index (χ4v) is 2.13. The number of nitrogens with one attached hydrogen (secondary N) is 1. The van der Waals surface area contributed by atoms with Gasteiger partial charge in [0.1, 0.15) is 6.10 Å². The average Bonchev–Trinajstić information content (AvgIpc) is 2.24. The van der Waals surface area contributed by atoms with E-state index in [-0.39, 0.29) is 13.0 Å². The van der Waals surface area contributed by atoms with Crippen LogP contribution in [-0.2, 0) is 4.79 Å². The van der Waals surface area contributed by atoms with E-state index < -0.39 is 30.1 Å². The molecule has 0 heterocycles. The fraction of sp³-hybridized carbons (Fsp3) is 0.900. The van der Waals surface area contributed by atoms with E-state index in [0.29, 0.717) is 12.8 Å². The quantitative estimate of drug-likeness (QED) is 0.685. The number of primary amides is 1. The molecule has 0 aliphatic heterocycles. The van der Waals surface area contributed by atoms with Gasteiger partial charge in [-0.25, -0.2) is 0 Å². The van der Waals surface area contributed by atoms with Crippen LogP contribution in [0, 0.1) is 5.92 Å². The number of amides is 1. The van der Waals surface area contributed by atoms with Crippen LogP contribution >= 0.6 is 0 Å². The van der Waals surface area contributed by atoms with E-state index in [0.717, 1.165) is 6.42 Å². The largest absolute Gasteiger partial charge is 0.393 e. The molecule has 4 nitrogen and oxygen atoms in total. The normalized spacial score (nSPS) is 27.8. The van der Waals surface area contributed by atoms with Crippen LogP contribution in [0.1, 0.15) is 25.7 Å². The zero-order valence-corrected chi connectivity index (χ0v) is 9.33. The molecule has 1 aliphatic rings. The van der Waals surface area contributed by atoms with Crippen molar-refractivity contribution in [3.63, 3.8) is 0 Å². The minimum atomic E-state index is -4.24. The topological polar surface area (TPSA) is 75.4 Å². The number of rotatable bonds is 4. The van der Waals surface area contributed by atoms with Crippen molar-refractivity contribution in [2.75, 3.05) is 6.54 Å². The number of carbonyl (C=O) groups is 1. The predicted molar refractivity (Wildman–Crippen MR) is 55.0 cm³/mol. The molecule has 0 spiro atoms. The molecule has 0 saturated heterocycles. The van der Waals surface area contributed by atoms with Crippen LogP contribution in [0.25, 0.3) is 0 Å². The fourth-order valence-electron chi connectivity index (χ4n) is 2.13. The third-order valence-corrected chi connectivity index (χ3v) is 3.09. The first-order chi connectivity index (χ1) is 7.82. The zero-order valence-electron chi connectivity index (χ0n) is 9.33. The molecule has 0 aromatic heterocycles. The number of carbonyl (C=O) groups excluding carboxylic acids is 1. The number of aliphatic hydroxyl groups is 1. The summed E-state index contributed by atoms with van der Waals surface area (Å²) < 4.78 is 38.0. The van der Waals surface area contributed by atoms with Gasteiger partial charge in [0.05, 0.1) is 5.92 Å². The number of aliphatic hydroxyl groups excluding tert-OH is 1. The summed E-state index contributed by atoms with van der Waals surface area (Å²) in [6, 6.07) is -0.738. The molecule has 4 N–H and O–H groups in total. The Morgan fingerprint density at radius 3 is 2.53 bits per heavy atom. The van der Waals surface area contributed by atoms with Crippen molar-refractivity contribution in [2.24, 2.45) is 11.7 Å². The lowest BCUT2D eigenvalue weighted by atomic mass is 9.84. The highest BCUT2D eigenvalue weighted by Crippen LogP contribution is 2.37. The maximum absolute atomic E-state index is 12.7. The molecule has 1 fully saturated rings. The molecule has 1 rings (SSSR count). The van der Waals surface area contributed by atoms with E-state index in [4.69, 9.17) is 10.8 Å². The second-order valence-electron chi connectivity index (χ2n) is 4.37. The van der Waals surface area contributed by atoms with Crippen LogP contribution in [-0.4, -0.2) is 35.9 Å². The molecule has 3 atom stereocenters. The maximum atomic E-state index is 12.7. The molecule has 0 bridgehead atoms. The molecule has 1 aliphatic carbocycles. The van der Waals surface area contributed by atoms with Crippen LogP contribution in [0.4, 0.5) is 13.2 Å². The highest BCUT2D eigenvalue weighted by molar-refractivity contribution is 5.78. The summed E-state index contributed by atoms with van der Waals surface area (Å²) in [7, 11) is 0. The van der Waals surface area contributed by atoms with Gasteiger partial charge in [0.15, 0.2) is 0 Å². The molecule has 0 aromatic rings. The van der Waals surface area contributed by atoms with Crippen molar-refractivity contribution in [3.05, 3.63) is 0 Å². The molecule has 17 heavy (non-hydrogen) atoms. The van der Waals surface area contributed by atoms with E-state index in [1.165, 1.54) is 0 Å². The smallest absolute Gasteiger partial charge is 0.382 e. The highest BCUT2D eigenvalue weighted by atomic mass is 19.4. The summed E-state index contributed by atoms with van der Waals surface area (Å²) in [5, 5.41) is 11.7. The summed E-state index contributed by atoms with van der Waals surface area (Å²) in [5.74, 6) is -2.34. The van der Waals surface area contributed by atoms with Gasteiger partial charge >= 0.3 is 6.18 Å². The Hall–Kier alpha value is -0.820. The van der Waals surface area contributed by atoms with Gasteiger partial charge in [0.2, 0.25) is 5.91 Å². The number of nitrogens with two attached hydrogens (primary N) is 1. The first kappa shape index (κ1) is 14.2. The molecule has 100 valence electrons. The first-order valence-electron chi connectivity index (χ1n) is 5.60. The van der Waals surface area contributed by atoms with Gasteiger partial charge < -0.3 is 16.2 Å². The molecule has 0 aromatic carbocycles. The summed E-state index contributed by atoms with van der Waals surface area (Å²) in [6.45, 7) is -0.230. The van der Waals surface area contributed by atoms with E-state index in [1.807, 2.05) is 0 Å². The first-order valence-corrected chi connectivity index (χ1v) is 5.60. The third kappa shape index (κ3) is 4.16. The summed E-state index contributed by atoms with van der Waals surface area (Å²) in [6.07, 6.45) is -3.91. The van der Waals surface area contributed by atoms with E-state index >= 15 is 0 Å². The van der Waals surface area contributed by atoms with Crippen molar-refractivity contribution >= 4 is 5.91 Å². The van der Waals surface area contributed by atoms with Crippen molar-refractivity contribution in [3.8, 4) is 0 Å². The number of halogens is 3. The second kappa shape index (κ2) is 5.68. The number of hydrogen-bond donors (Lipinski definition) is 3. The lowest BCUT2D eigenvalue weighted by Crippen LogP contribution is -2.49. The van der Waals surface area contributed by atoms with Gasteiger partial charge in [-0.1, -0.05) is 12.8 Å². The third-order valence-electron chi connectivity index (χ3n) is 3.09. The molecular formula is C10H17F3N2O2. The van der Waals surface area contributed by atoms with Crippen LogP contribution < -0.4 is 11.1 Å². The lowest BCUT2D eigenvalue weighted by molar-refractivity contribution is -0.189. The monoisotopic (exact) mass is 254 g/mol. The molecule has 1 amide bonds. The summed E-state index contributed by atoms with van der Waals surface area (Å²) in [4.78, 5) is 10.6. The van der Waals surface area contributed by atoms with E-state index in [1.54, 1.807) is 0 Å². The predicted octanol–water partition coefficient (Wildman–Crippen LogP) is 0.543. The molecule has 0 radical (unpaired) electrons. The molecular weight excluding hydrogens is 237 g/mol. The average molecular weight is 254 g/mol. The van der Waals surface area contributed by atoms with Crippen molar-refractivity contribution in [2.45, 2.75) is 44.0 Å². The molecule has 3 unspecified atom stereocenters. The minimum Gasteiger partial charge on any atom is -0.382 e. The highest BCUT2D eigenvalue weighted by Gasteiger charge is 2.45. The molecule has 7 heteroatoms. The maximum Gasteiger partial charge on any atom is 0.393 e. The Balaban J connectivity index is 2.52. The van der Waals surface area contributed by atoms with Gasteiger partial charge in [0, 0.05) is 12.6 Å². The second-order valence-corrected chi connectivity index (χ2v) is 4.37. The van der Waals surface area contributed by atoms with Crippen LogP contribution in [0.5, 0.6) is 0 Å². The van der Waals surface area contributed by atoms with Crippen LogP contribution in [0.2, 0.25) is 0 Å². The number of hydrogen-bond acceptors (Lipinski definition) is 3. The van der Waals surface area contributed by atoms with Crippen molar-refractivity contribution < 1.29 is 23.1 Å². The lowest BCUT2D eigenvalue weighted by Gasteiger charge is -2.34. The van der Waals surface area contributed by atoms with Gasteiger partial charge in [-0.05, 0) is 12.8 Å². The Kier molecular flexibility index (Phi) is 4.76. The van der Waals surface area contributed by atoms with Crippen LogP contribution in [0.15, 0.2) is 0 Å².